The highest BCUT2D eigenvalue weighted by Gasteiger charge is 1.86. The van der Waals surface area contributed by atoms with Crippen molar-refractivity contribution in [1.29, 1.82) is 0 Å². The molecule has 0 aliphatic heterocycles. The van der Waals surface area contributed by atoms with Crippen LogP contribution < -0.4 is 0 Å². The normalized spacial score (nSPS) is 8.33. The second kappa shape index (κ2) is 20.8. The van der Waals surface area contributed by atoms with Gasteiger partial charge in [0.25, 0.3) is 0 Å². The Morgan fingerprint density at radius 1 is 0.778 bits per heavy atom. The molecule has 18 heavy (non-hydrogen) atoms. The molecule has 0 aromatic rings. The maximum Gasteiger partial charge on any atom is 0.503 e. The molecular weight excluding hydrogens is 248 g/mol. The predicted octanol–water partition coefficient (Wildman–Crippen LogP) is 2.98. The highest BCUT2D eigenvalue weighted by atomic mass is 17.2. The number of hydrogen-bond acceptors (Lipinski definition) is 4. The van der Waals surface area contributed by atoms with Crippen LogP contribution in [-0.4, -0.2) is 46.0 Å². The van der Waals surface area contributed by atoms with Crippen LogP contribution in [-0.2, 0) is 9.78 Å². The predicted molar refractivity (Wildman–Crippen MR) is 63.0 cm³/mol. The fraction of sp³-hybridized carbons (Fsp3) is 0.800. The average Bonchev–Trinajstić information content (AvgIpc) is 2.22. The summed E-state index contributed by atoms with van der Waals surface area (Å²) < 4.78 is 0. The van der Waals surface area contributed by atoms with Gasteiger partial charge >= 0.3 is 12.3 Å². The second-order valence-corrected chi connectivity index (χ2v) is 2.92. The molecule has 0 aliphatic rings. The Labute approximate surface area is 106 Å². The van der Waals surface area contributed by atoms with Gasteiger partial charge in [-0.15, -0.1) is 0 Å². The molecule has 0 aromatic carbocycles. The van der Waals surface area contributed by atoms with Crippen molar-refractivity contribution in [2.24, 2.45) is 0 Å². The molecular formula is C10H22O8. The fourth-order valence-electron chi connectivity index (χ4n) is 0.524. The number of carbonyl (C=O) groups is 2. The van der Waals surface area contributed by atoms with Crippen LogP contribution >= 0.6 is 0 Å². The monoisotopic (exact) mass is 270 g/mol. The molecule has 0 radical (unpaired) electrons. The second-order valence-electron chi connectivity index (χ2n) is 2.92. The first kappa shape index (κ1) is 21.7. The lowest BCUT2D eigenvalue weighted by Crippen LogP contribution is -1.97. The molecule has 0 spiro atoms. The molecule has 0 heterocycles. The van der Waals surface area contributed by atoms with E-state index in [0.29, 0.717) is 0 Å². The first-order valence-electron chi connectivity index (χ1n) is 5.46. The van der Waals surface area contributed by atoms with Crippen molar-refractivity contribution in [2.45, 2.75) is 39.5 Å². The minimum atomic E-state index is -1.83. The van der Waals surface area contributed by atoms with E-state index < -0.39 is 12.3 Å². The topological polar surface area (TPSA) is 134 Å². The summed E-state index contributed by atoms with van der Waals surface area (Å²) in [4.78, 5) is 26.9. The highest BCUT2D eigenvalue weighted by Crippen LogP contribution is 1.91. The summed E-state index contributed by atoms with van der Waals surface area (Å²) in [5.74, 6) is 0. The van der Waals surface area contributed by atoms with Crippen molar-refractivity contribution in [3.63, 3.8) is 0 Å². The van der Waals surface area contributed by atoms with E-state index in [1.807, 2.05) is 0 Å². The Bertz CT molecular complexity index is 155. The van der Waals surface area contributed by atoms with Crippen LogP contribution in [0.1, 0.15) is 39.5 Å². The van der Waals surface area contributed by atoms with E-state index in [4.69, 9.17) is 39.8 Å². The summed E-state index contributed by atoms with van der Waals surface area (Å²) in [5.41, 5.74) is 0. The van der Waals surface area contributed by atoms with E-state index in [9.17, 15) is 0 Å². The molecule has 0 saturated carbocycles. The Balaban J connectivity index is -0.000000233. The Morgan fingerprint density at radius 3 is 1.17 bits per heavy atom. The maximum absolute atomic E-state index is 8.56. The SMILES string of the molecule is CCCCOOCCCC.O=C(O)O.O=C(O)O. The molecule has 4 N–H and O–H groups in total. The van der Waals surface area contributed by atoms with Crippen LogP contribution in [0.3, 0.4) is 0 Å². The molecule has 8 nitrogen and oxygen atoms in total. The summed E-state index contributed by atoms with van der Waals surface area (Å²) in [5, 5.41) is 27.9. The molecule has 0 saturated heterocycles. The fourth-order valence-corrected chi connectivity index (χ4v) is 0.524. The van der Waals surface area contributed by atoms with Gasteiger partial charge in [-0.2, -0.15) is 0 Å². The van der Waals surface area contributed by atoms with Crippen LogP contribution in [0.15, 0.2) is 0 Å². The Morgan fingerprint density at radius 2 is 1.00 bits per heavy atom. The minimum absolute atomic E-state index is 0.736. The van der Waals surface area contributed by atoms with Crippen molar-refractivity contribution in [1.82, 2.24) is 0 Å². The van der Waals surface area contributed by atoms with Gasteiger partial charge in [-0.05, 0) is 12.8 Å². The molecule has 0 bridgehead atoms. The van der Waals surface area contributed by atoms with Gasteiger partial charge in [-0.3, -0.25) is 0 Å². The molecule has 0 fully saturated rings. The Kier molecular flexibility index (Phi) is 25.1. The highest BCUT2D eigenvalue weighted by molar-refractivity contribution is 5.53. The molecule has 0 amide bonds. The van der Waals surface area contributed by atoms with Gasteiger partial charge in [0, 0.05) is 0 Å². The molecule has 0 aliphatic carbocycles. The quantitative estimate of drug-likeness (QED) is 0.315. The van der Waals surface area contributed by atoms with Gasteiger partial charge in [0.05, 0.1) is 13.2 Å². The third kappa shape index (κ3) is 87.9. The van der Waals surface area contributed by atoms with E-state index in [1.54, 1.807) is 0 Å². The van der Waals surface area contributed by atoms with Crippen LogP contribution in [0.4, 0.5) is 9.59 Å². The summed E-state index contributed by atoms with van der Waals surface area (Å²) in [6, 6.07) is 0. The molecule has 0 rings (SSSR count). The zero-order valence-electron chi connectivity index (χ0n) is 10.7. The first-order valence-corrected chi connectivity index (χ1v) is 5.46. The zero-order chi connectivity index (χ0) is 14.8. The number of rotatable bonds is 7. The summed E-state index contributed by atoms with van der Waals surface area (Å²) in [6.07, 6.45) is 0.840. The minimum Gasteiger partial charge on any atom is -0.450 e. The standard InChI is InChI=1S/C8H18O2.2CH2O3/c1-3-5-7-9-10-8-6-4-2;2*2-1(3)4/h3-8H2,1-2H3;2*(H2,2,3,4). The van der Waals surface area contributed by atoms with Crippen molar-refractivity contribution >= 4 is 12.3 Å². The third-order valence-electron chi connectivity index (χ3n) is 1.25. The van der Waals surface area contributed by atoms with E-state index >= 15 is 0 Å². The van der Waals surface area contributed by atoms with Gasteiger partial charge in [-0.1, -0.05) is 26.7 Å². The van der Waals surface area contributed by atoms with E-state index in [1.165, 1.54) is 0 Å². The van der Waals surface area contributed by atoms with Gasteiger partial charge in [0.15, 0.2) is 0 Å². The summed E-state index contributed by atoms with van der Waals surface area (Å²) in [7, 11) is 0. The van der Waals surface area contributed by atoms with Gasteiger partial charge < -0.3 is 20.4 Å². The van der Waals surface area contributed by atoms with Crippen molar-refractivity contribution in [3.8, 4) is 0 Å². The van der Waals surface area contributed by atoms with E-state index in [-0.39, 0.29) is 0 Å². The molecule has 8 heteroatoms. The third-order valence-corrected chi connectivity index (χ3v) is 1.25. The number of unbranched alkanes of at least 4 members (excludes halogenated alkanes) is 2. The molecule has 110 valence electrons. The van der Waals surface area contributed by atoms with E-state index in [2.05, 4.69) is 13.8 Å². The van der Waals surface area contributed by atoms with Crippen molar-refractivity contribution in [2.75, 3.05) is 13.2 Å². The first-order chi connectivity index (χ1) is 8.38. The maximum atomic E-state index is 8.56. The number of hydrogen-bond donors (Lipinski definition) is 4. The van der Waals surface area contributed by atoms with Gasteiger partial charge in [0.1, 0.15) is 0 Å². The van der Waals surface area contributed by atoms with Gasteiger partial charge in [-0.25, -0.2) is 19.4 Å². The van der Waals surface area contributed by atoms with Crippen LogP contribution in [0.25, 0.3) is 0 Å². The lowest BCUT2D eigenvalue weighted by Gasteiger charge is -2.00. The molecule has 0 unspecified atom stereocenters. The average molecular weight is 270 g/mol. The van der Waals surface area contributed by atoms with Crippen LogP contribution in [0.2, 0.25) is 0 Å². The summed E-state index contributed by atoms with van der Waals surface area (Å²) >= 11 is 0. The van der Waals surface area contributed by atoms with E-state index in [0.717, 1.165) is 38.9 Å². The summed E-state index contributed by atoms with van der Waals surface area (Å²) in [6.45, 7) is 5.74. The van der Waals surface area contributed by atoms with Gasteiger partial charge in [0.2, 0.25) is 0 Å². The van der Waals surface area contributed by atoms with Crippen LogP contribution in [0, 0.1) is 0 Å². The van der Waals surface area contributed by atoms with Crippen molar-refractivity contribution < 1.29 is 39.8 Å². The Hall–Kier alpha value is -1.54. The van der Waals surface area contributed by atoms with Crippen molar-refractivity contribution in [3.05, 3.63) is 0 Å². The lowest BCUT2D eigenvalue weighted by atomic mass is 10.4. The number of carboxylic acid groups (broad SMARTS) is 4. The molecule has 0 atom stereocenters. The lowest BCUT2D eigenvalue weighted by molar-refractivity contribution is -0.295. The smallest absolute Gasteiger partial charge is 0.450 e. The largest absolute Gasteiger partial charge is 0.503 e. The zero-order valence-corrected chi connectivity index (χ0v) is 10.7. The van der Waals surface area contributed by atoms with Crippen LogP contribution in [0.5, 0.6) is 0 Å². The molecule has 0 aromatic heterocycles.